The van der Waals surface area contributed by atoms with Gasteiger partial charge in [0.15, 0.2) is 0 Å². The van der Waals surface area contributed by atoms with E-state index in [9.17, 15) is 14.9 Å². The quantitative estimate of drug-likeness (QED) is 0.454. The number of para-hydroxylation sites is 1. The molecule has 1 aromatic carbocycles. The van der Waals surface area contributed by atoms with Crippen molar-refractivity contribution < 1.29 is 9.72 Å². The van der Waals surface area contributed by atoms with Gasteiger partial charge in [-0.15, -0.1) is 11.3 Å². The van der Waals surface area contributed by atoms with Crippen LogP contribution in [0.25, 0.3) is 0 Å². The van der Waals surface area contributed by atoms with Crippen LogP contribution < -0.4 is 11.1 Å². The molecule has 1 aliphatic rings. The second-order valence-electron chi connectivity index (χ2n) is 5.87. The molecule has 0 spiro atoms. The van der Waals surface area contributed by atoms with Crippen molar-refractivity contribution in [1.82, 2.24) is 0 Å². The molecule has 1 aliphatic carbocycles. The van der Waals surface area contributed by atoms with Gasteiger partial charge in [-0.3, -0.25) is 14.9 Å². The average molecular weight is 367 g/mol. The van der Waals surface area contributed by atoms with Gasteiger partial charge in [0, 0.05) is 11.8 Å². The molecule has 0 radical (unpaired) electrons. The summed E-state index contributed by atoms with van der Waals surface area (Å²) < 4.78 is 0. The highest BCUT2D eigenvalue weighted by molar-refractivity contribution is 7.18. The van der Waals surface area contributed by atoms with E-state index in [1.54, 1.807) is 12.1 Å². The number of nitrogens with two attached hydrogens (primary N) is 1. The largest absolute Gasteiger partial charge is 0.397 e. The first-order chi connectivity index (χ1) is 12.5. The van der Waals surface area contributed by atoms with Crippen LogP contribution in [-0.4, -0.2) is 10.7 Å². The summed E-state index contributed by atoms with van der Waals surface area (Å²) in [7, 11) is 0. The average Bonchev–Trinajstić information content (AvgIpc) is 2.85. The lowest BCUT2D eigenvalue weighted by molar-refractivity contribution is -0.385. The molecule has 6 nitrogen and oxygen atoms in total. The van der Waals surface area contributed by atoms with E-state index in [1.165, 1.54) is 35.1 Å². The number of anilines is 2. The Hall–Kier alpha value is -3.19. The predicted octanol–water partition coefficient (Wildman–Crippen LogP) is 4.67. The molecule has 0 atom stereocenters. The first-order valence-corrected chi connectivity index (χ1v) is 8.76. The van der Waals surface area contributed by atoms with Gasteiger partial charge in [-0.1, -0.05) is 29.9 Å². The van der Waals surface area contributed by atoms with Crippen LogP contribution in [-0.2, 0) is 0 Å². The molecule has 0 saturated heterocycles. The zero-order valence-corrected chi connectivity index (χ0v) is 14.9. The van der Waals surface area contributed by atoms with E-state index in [1.807, 2.05) is 24.3 Å². The first kappa shape index (κ1) is 17.6. The second kappa shape index (κ2) is 7.37. The maximum Gasteiger partial charge on any atom is 0.280 e. The molecule has 0 unspecified atom stereocenters. The minimum Gasteiger partial charge on any atom is -0.397 e. The standard InChI is InChI=1S/C19H17N3O3S/c1-12-5-4-6-13(10-9-12)21-17-11-15(20)19(26-17)18(23)14-7-2-3-8-16(14)22(24)25/h2-4,6-11,21H,5,20H2,1H3. The van der Waals surface area contributed by atoms with Crippen molar-refractivity contribution in [3.05, 3.63) is 86.5 Å². The highest BCUT2D eigenvalue weighted by atomic mass is 32.1. The van der Waals surface area contributed by atoms with E-state index in [0.717, 1.165) is 12.1 Å². The Kier molecular flexibility index (Phi) is 4.99. The van der Waals surface area contributed by atoms with Gasteiger partial charge in [-0.2, -0.15) is 0 Å². The van der Waals surface area contributed by atoms with Crippen LogP contribution in [0, 0.1) is 10.1 Å². The summed E-state index contributed by atoms with van der Waals surface area (Å²) in [5.41, 5.74) is 8.22. The number of rotatable bonds is 5. The maximum absolute atomic E-state index is 12.8. The van der Waals surface area contributed by atoms with E-state index < -0.39 is 10.7 Å². The number of allylic oxidation sites excluding steroid dienone is 5. The van der Waals surface area contributed by atoms with Crippen LogP contribution in [0.15, 0.2) is 65.9 Å². The molecule has 3 rings (SSSR count). The minimum absolute atomic E-state index is 0.0322. The summed E-state index contributed by atoms with van der Waals surface area (Å²) in [4.78, 5) is 23.6. The summed E-state index contributed by atoms with van der Waals surface area (Å²) >= 11 is 1.18. The lowest BCUT2D eigenvalue weighted by atomic mass is 10.1. The zero-order valence-electron chi connectivity index (χ0n) is 14.1. The van der Waals surface area contributed by atoms with Gasteiger partial charge in [-0.05, 0) is 37.6 Å². The van der Waals surface area contributed by atoms with Gasteiger partial charge >= 0.3 is 0 Å². The van der Waals surface area contributed by atoms with Crippen LogP contribution in [0.5, 0.6) is 0 Å². The van der Waals surface area contributed by atoms with Gasteiger partial charge in [0.2, 0.25) is 5.78 Å². The molecule has 1 aromatic heterocycles. The van der Waals surface area contributed by atoms with Gasteiger partial charge in [0.05, 0.1) is 15.6 Å². The highest BCUT2D eigenvalue weighted by Crippen LogP contribution is 2.34. The van der Waals surface area contributed by atoms with E-state index >= 15 is 0 Å². The second-order valence-corrected chi connectivity index (χ2v) is 6.92. The fourth-order valence-electron chi connectivity index (χ4n) is 2.54. The third-order valence-electron chi connectivity index (χ3n) is 3.86. The Morgan fingerprint density at radius 3 is 2.85 bits per heavy atom. The minimum atomic E-state index is -0.563. The van der Waals surface area contributed by atoms with Gasteiger partial charge in [0.25, 0.3) is 5.69 Å². The number of carbonyl (C=O) groups excluding carboxylic acids is 1. The molecule has 132 valence electrons. The number of hydrogen-bond acceptors (Lipinski definition) is 6. The van der Waals surface area contributed by atoms with Crippen LogP contribution in [0.2, 0.25) is 0 Å². The summed E-state index contributed by atoms with van der Waals surface area (Å²) in [6, 6.07) is 7.55. The summed E-state index contributed by atoms with van der Waals surface area (Å²) in [5.74, 6) is -0.450. The maximum atomic E-state index is 12.8. The van der Waals surface area contributed by atoms with Crippen molar-refractivity contribution in [2.45, 2.75) is 13.3 Å². The normalized spacial score (nSPS) is 13.6. The van der Waals surface area contributed by atoms with Gasteiger partial charge in [0.1, 0.15) is 10.4 Å². The van der Waals surface area contributed by atoms with Crippen LogP contribution in [0.3, 0.4) is 0 Å². The van der Waals surface area contributed by atoms with Crippen LogP contribution in [0.4, 0.5) is 16.4 Å². The number of nitro benzene ring substituents is 1. The molecule has 0 aliphatic heterocycles. The van der Waals surface area contributed by atoms with Crippen molar-refractivity contribution >= 4 is 33.5 Å². The lowest BCUT2D eigenvalue weighted by Crippen LogP contribution is -2.05. The number of nitrogen functional groups attached to an aromatic ring is 1. The molecule has 1 heterocycles. The van der Waals surface area contributed by atoms with Crippen molar-refractivity contribution in [3.8, 4) is 0 Å². The Morgan fingerprint density at radius 1 is 1.31 bits per heavy atom. The fourth-order valence-corrected chi connectivity index (χ4v) is 3.50. The fraction of sp³-hybridized carbons (Fsp3) is 0.105. The van der Waals surface area contributed by atoms with Crippen molar-refractivity contribution in [3.63, 3.8) is 0 Å². The summed E-state index contributed by atoms with van der Waals surface area (Å²) in [5, 5.41) is 15.1. The molecule has 2 aromatic rings. The number of thiophene rings is 1. The molecule has 0 bridgehead atoms. The number of ketones is 1. The topological polar surface area (TPSA) is 98.3 Å². The number of nitrogens with one attached hydrogen (secondary N) is 1. The van der Waals surface area contributed by atoms with Crippen molar-refractivity contribution in [2.24, 2.45) is 0 Å². The van der Waals surface area contributed by atoms with E-state index in [-0.39, 0.29) is 16.1 Å². The number of nitrogens with zero attached hydrogens (tertiary/aromatic N) is 1. The third kappa shape index (κ3) is 3.73. The molecule has 0 amide bonds. The Labute approximate surface area is 154 Å². The van der Waals surface area contributed by atoms with Crippen LogP contribution in [0.1, 0.15) is 28.6 Å². The molecule has 7 heteroatoms. The molecule has 0 fully saturated rings. The first-order valence-electron chi connectivity index (χ1n) is 7.94. The predicted molar refractivity (Wildman–Crippen MR) is 104 cm³/mol. The molecule has 3 N–H and O–H groups in total. The van der Waals surface area contributed by atoms with E-state index in [2.05, 4.69) is 12.2 Å². The van der Waals surface area contributed by atoms with Crippen molar-refractivity contribution in [2.75, 3.05) is 11.1 Å². The molecular weight excluding hydrogens is 350 g/mol. The molecule has 0 saturated carbocycles. The lowest BCUT2D eigenvalue weighted by Gasteiger charge is -2.03. The smallest absolute Gasteiger partial charge is 0.280 e. The Bertz CT molecular complexity index is 970. The Balaban J connectivity index is 1.89. The molecular formula is C19H17N3O3S. The Morgan fingerprint density at radius 2 is 2.08 bits per heavy atom. The summed E-state index contributed by atoms with van der Waals surface area (Å²) in [6.45, 7) is 2.05. The number of nitro groups is 1. The van der Waals surface area contributed by atoms with Crippen LogP contribution >= 0.6 is 11.3 Å². The number of carbonyl (C=O) groups is 1. The number of benzene rings is 1. The number of hydrogen-bond donors (Lipinski definition) is 2. The SMILES string of the molecule is CC1=CC=C(Nc2cc(N)c(C(=O)c3ccccc3[N+](=O)[O-])s2)C=CC1. The van der Waals surface area contributed by atoms with Gasteiger partial charge < -0.3 is 11.1 Å². The highest BCUT2D eigenvalue weighted by Gasteiger charge is 2.24. The van der Waals surface area contributed by atoms with E-state index in [0.29, 0.717) is 10.7 Å². The summed E-state index contributed by atoms with van der Waals surface area (Å²) in [6.07, 6.45) is 8.88. The van der Waals surface area contributed by atoms with E-state index in [4.69, 9.17) is 5.73 Å². The third-order valence-corrected chi connectivity index (χ3v) is 4.93. The monoisotopic (exact) mass is 367 g/mol. The van der Waals surface area contributed by atoms with Gasteiger partial charge in [-0.25, -0.2) is 0 Å². The zero-order chi connectivity index (χ0) is 18.7. The molecule has 26 heavy (non-hydrogen) atoms. The van der Waals surface area contributed by atoms with Crippen molar-refractivity contribution in [1.29, 1.82) is 0 Å².